The van der Waals surface area contributed by atoms with Crippen LogP contribution < -0.4 is 5.56 Å². The molecule has 8 heteroatoms. The number of H-pyrrole nitrogens is 1. The zero-order chi connectivity index (χ0) is 23.6. The number of pyridine rings is 1. The molecule has 0 bridgehead atoms. The number of rotatable bonds is 8. The van der Waals surface area contributed by atoms with Gasteiger partial charge in [0, 0.05) is 17.6 Å². The topological polar surface area (TPSA) is 92.8 Å². The summed E-state index contributed by atoms with van der Waals surface area (Å²) in [4.78, 5) is 18.3. The molecule has 33 heavy (non-hydrogen) atoms. The number of benzene rings is 1. The molecule has 0 aliphatic carbocycles. The average molecular weight is 449 g/mol. The lowest BCUT2D eigenvalue weighted by atomic mass is 10.0. The molecule has 0 fully saturated rings. The number of tetrazole rings is 1. The maximum Gasteiger partial charge on any atom is 0.252 e. The fourth-order valence-corrected chi connectivity index (χ4v) is 4.21. The van der Waals surface area contributed by atoms with E-state index in [1.54, 1.807) is 6.26 Å². The summed E-state index contributed by atoms with van der Waals surface area (Å²) in [5, 5.41) is 13.7. The molecule has 0 saturated carbocycles. The molecule has 3 aromatic heterocycles. The Morgan fingerprint density at radius 2 is 2.00 bits per heavy atom. The number of nitrogens with zero attached hydrogens (tertiary/aromatic N) is 5. The third-order valence-corrected chi connectivity index (χ3v) is 5.82. The Labute approximate surface area is 193 Å². The lowest BCUT2D eigenvalue weighted by Gasteiger charge is -2.32. The standard InChI is InChI=1S/C25H32N6O2/c1-6-8-22(23-27-28-29-31(23)25(3,4)5)30(16-20-9-7-12-33-20)15-19-14-18-13-17(2)10-11-21(18)26-24(19)32/h7,9-14,22H,6,8,15-16H2,1-5H3,(H,26,32)/t22-/m1/s1. The predicted molar refractivity (Wildman–Crippen MR) is 128 cm³/mol. The largest absolute Gasteiger partial charge is 0.468 e. The van der Waals surface area contributed by atoms with Crippen molar-refractivity contribution in [2.24, 2.45) is 0 Å². The molecule has 0 aliphatic heterocycles. The fraction of sp³-hybridized carbons (Fsp3) is 0.440. The number of hydrogen-bond acceptors (Lipinski definition) is 6. The van der Waals surface area contributed by atoms with Crippen LogP contribution in [0.4, 0.5) is 0 Å². The molecule has 4 rings (SSSR count). The summed E-state index contributed by atoms with van der Waals surface area (Å²) in [6.45, 7) is 11.4. The summed E-state index contributed by atoms with van der Waals surface area (Å²) in [5.74, 6) is 1.63. The first kappa shape index (κ1) is 22.9. The van der Waals surface area contributed by atoms with Gasteiger partial charge in [-0.1, -0.05) is 25.0 Å². The van der Waals surface area contributed by atoms with Crippen molar-refractivity contribution in [2.75, 3.05) is 0 Å². The molecule has 0 spiro atoms. The fourth-order valence-electron chi connectivity index (χ4n) is 4.21. The second-order valence-electron chi connectivity index (χ2n) is 9.62. The quantitative estimate of drug-likeness (QED) is 0.419. The van der Waals surface area contributed by atoms with Crippen LogP contribution in [0.25, 0.3) is 10.9 Å². The average Bonchev–Trinajstić information content (AvgIpc) is 3.44. The van der Waals surface area contributed by atoms with E-state index in [1.807, 2.05) is 35.0 Å². The summed E-state index contributed by atoms with van der Waals surface area (Å²) in [7, 11) is 0. The van der Waals surface area contributed by atoms with Gasteiger partial charge in [0.1, 0.15) is 5.76 Å². The highest BCUT2D eigenvalue weighted by molar-refractivity contribution is 5.79. The minimum Gasteiger partial charge on any atom is -0.468 e. The van der Waals surface area contributed by atoms with Crippen LogP contribution in [0.15, 0.2) is 51.9 Å². The Balaban J connectivity index is 1.77. The van der Waals surface area contributed by atoms with Crippen LogP contribution in [0.3, 0.4) is 0 Å². The van der Waals surface area contributed by atoms with Gasteiger partial charge in [0.05, 0.1) is 24.4 Å². The zero-order valence-corrected chi connectivity index (χ0v) is 20.0. The van der Waals surface area contributed by atoms with E-state index >= 15 is 0 Å². The Morgan fingerprint density at radius 1 is 1.18 bits per heavy atom. The highest BCUT2D eigenvalue weighted by Gasteiger charge is 2.30. The van der Waals surface area contributed by atoms with E-state index < -0.39 is 0 Å². The Bertz CT molecular complexity index is 1270. The van der Waals surface area contributed by atoms with E-state index in [0.29, 0.717) is 18.7 Å². The minimum atomic E-state index is -0.265. The van der Waals surface area contributed by atoms with Gasteiger partial charge in [0.25, 0.3) is 5.56 Å². The minimum absolute atomic E-state index is 0.0815. The van der Waals surface area contributed by atoms with Crippen LogP contribution >= 0.6 is 0 Å². The van der Waals surface area contributed by atoms with E-state index in [9.17, 15) is 4.79 Å². The van der Waals surface area contributed by atoms with Crippen LogP contribution in [0.2, 0.25) is 0 Å². The van der Waals surface area contributed by atoms with E-state index in [4.69, 9.17) is 4.42 Å². The summed E-state index contributed by atoms with van der Waals surface area (Å²) in [6, 6.07) is 11.8. The van der Waals surface area contributed by atoms with E-state index in [-0.39, 0.29) is 17.1 Å². The van der Waals surface area contributed by atoms with Crippen molar-refractivity contribution in [3.8, 4) is 0 Å². The van der Waals surface area contributed by atoms with Gasteiger partial charge in [0.2, 0.25) is 0 Å². The van der Waals surface area contributed by atoms with Crippen LogP contribution in [0.1, 0.15) is 69.3 Å². The van der Waals surface area contributed by atoms with Gasteiger partial charge in [-0.3, -0.25) is 9.69 Å². The van der Waals surface area contributed by atoms with Crippen molar-refractivity contribution in [3.63, 3.8) is 0 Å². The smallest absolute Gasteiger partial charge is 0.252 e. The molecule has 0 unspecified atom stereocenters. The summed E-state index contributed by atoms with van der Waals surface area (Å²) >= 11 is 0. The van der Waals surface area contributed by atoms with E-state index in [0.717, 1.165) is 40.9 Å². The Kier molecular flexibility index (Phi) is 6.47. The van der Waals surface area contributed by atoms with Crippen LogP contribution in [0, 0.1) is 6.92 Å². The number of aromatic nitrogens is 5. The SMILES string of the molecule is CCC[C@H](c1nnnn1C(C)(C)C)N(Cc1ccco1)Cc1cc2cc(C)ccc2[nH]c1=O. The molecule has 0 aliphatic rings. The highest BCUT2D eigenvalue weighted by Crippen LogP contribution is 2.30. The molecule has 4 aromatic rings. The molecular formula is C25H32N6O2. The van der Waals surface area contributed by atoms with Crippen molar-refractivity contribution >= 4 is 10.9 Å². The maximum atomic E-state index is 13.0. The van der Waals surface area contributed by atoms with E-state index in [1.165, 1.54) is 0 Å². The second-order valence-corrected chi connectivity index (χ2v) is 9.62. The Hall–Kier alpha value is -3.26. The molecule has 1 aromatic carbocycles. The van der Waals surface area contributed by atoms with Crippen molar-refractivity contribution in [1.82, 2.24) is 30.1 Å². The molecule has 1 atom stereocenters. The van der Waals surface area contributed by atoms with Gasteiger partial charge in [-0.25, -0.2) is 4.68 Å². The summed E-state index contributed by atoms with van der Waals surface area (Å²) < 4.78 is 7.56. The van der Waals surface area contributed by atoms with Crippen LogP contribution in [-0.4, -0.2) is 30.1 Å². The zero-order valence-electron chi connectivity index (χ0n) is 20.0. The number of hydrogen-bond donors (Lipinski definition) is 1. The first-order valence-electron chi connectivity index (χ1n) is 11.4. The molecule has 174 valence electrons. The lowest BCUT2D eigenvalue weighted by molar-refractivity contribution is 0.138. The van der Waals surface area contributed by atoms with Crippen LogP contribution in [-0.2, 0) is 18.6 Å². The third-order valence-electron chi connectivity index (χ3n) is 5.82. The van der Waals surface area contributed by atoms with Crippen LogP contribution in [0.5, 0.6) is 0 Å². The van der Waals surface area contributed by atoms with E-state index in [2.05, 4.69) is 66.1 Å². The van der Waals surface area contributed by atoms with Gasteiger partial charge < -0.3 is 9.40 Å². The molecule has 1 N–H and O–H groups in total. The first-order valence-corrected chi connectivity index (χ1v) is 11.4. The number of aryl methyl sites for hydroxylation is 1. The summed E-state index contributed by atoms with van der Waals surface area (Å²) in [5.41, 5.74) is 2.35. The predicted octanol–water partition coefficient (Wildman–Crippen LogP) is 4.71. The molecule has 0 radical (unpaired) electrons. The number of fused-ring (bicyclic) bond motifs is 1. The lowest BCUT2D eigenvalue weighted by Crippen LogP contribution is -2.35. The van der Waals surface area contributed by atoms with Crippen molar-refractivity contribution < 1.29 is 4.42 Å². The van der Waals surface area contributed by atoms with Gasteiger partial charge >= 0.3 is 0 Å². The molecule has 0 saturated heterocycles. The number of furan rings is 1. The molecule has 3 heterocycles. The van der Waals surface area contributed by atoms with Crippen molar-refractivity contribution in [3.05, 3.63) is 75.7 Å². The molecule has 8 nitrogen and oxygen atoms in total. The maximum absolute atomic E-state index is 13.0. The number of nitrogens with one attached hydrogen (secondary N) is 1. The van der Waals surface area contributed by atoms with Crippen molar-refractivity contribution in [1.29, 1.82) is 0 Å². The Morgan fingerprint density at radius 3 is 2.70 bits per heavy atom. The normalized spacial score (nSPS) is 13.2. The van der Waals surface area contributed by atoms with Gasteiger partial charge in [-0.05, 0) is 80.3 Å². The first-order chi connectivity index (χ1) is 15.8. The van der Waals surface area contributed by atoms with Gasteiger partial charge in [-0.2, -0.15) is 0 Å². The van der Waals surface area contributed by atoms with Crippen molar-refractivity contribution in [2.45, 2.75) is 72.1 Å². The van der Waals surface area contributed by atoms with Gasteiger partial charge in [0.15, 0.2) is 5.82 Å². The number of aromatic amines is 1. The molecular weight excluding hydrogens is 416 g/mol. The highest BCUT2D eigenvalue weighted by atomic mass is 16.3. The second kappa shape index (κ2) is 9.31. The summed E-state index contributed by atoms with van der Waals surface area (Å²) in [6.07, 6.45) is 3.47. The van der Waals surface area contributed by atoms with Gasteiger partial charge in [-0.15, -0.1) is 5.10 Å². The molecule has 0 amide bonds. The monoisotopic (exact) mass is 448 g/mol. The third kappa shape index (κ3) is 5.06.